The van der Waals surface area contributed by atoms with E-state index in [2.05, 4.69) is 14.6 Å². The average Bonchev–Trinajstić information content (AvgIpc) is 3.08. The summed E-state index contributed by atoms with van der Waals surface area (Å²) in [6.07, 6.45) is -4.29. The first-order chi connectivity index (χ1) is 12.1. The molecule has 0 radical (unpaired) electrons. The normalized spacial score (nSPS) is 17.6. The monoisotopic (exact) mass is 413 g/mol. The molecule has 1 aliphatic rings. The first-order valence-corrected chi connectivity index (χ1v) is 9.26. The summed E-state index contributed by atoms with van der Waals surface area (Å²) in [5.41, 5.74) is 0. The summed E-state index contributed by atoms with van der Waals surface area (Å²) in [6, 6.07) is 3.08. The van der Waals surface area contributed by atoms with Crippen molar-refractivity contribution < 1.29 is 30.4 Å². The van der Waals surface area contributed by atoms with Crippen molar-refractivity contribution in [3.63, 3.8) is 0 Å². The predicted octanol–water partition coefficient (Wildman–Crippen LogP) is 3.45. The van der Waals surface area contributed by atoms with E-state index in [4.69, 9.17) is 11.6 Å². The molecular formula is C14H12ClF4N3O3S. The highest BCUT2D eigenvalue weighted by molar-refractivity contribution is 7.89. The molecule has 0 saturated carbocycles. The van der Waals surface area contributed by atoms with Crippen LogP contribution in [0.25, 0.3) is 0 Å². The zero-order valence-corrected chi connectivity index (χ0v) is 14.6. The van der Waals surface area contributed by atoms with E-state index in [0.29, 0.717) is 0 Å². The molecule has 1 fully saturated rings. The molecule has 142 valence electrons. The molecule has 26 heavy (non-hydrogen) atoms. The Balaban J connectivity index is 1.71. The van der Waals surface area contributed by atoms with Gasteiger partial charge in [0.2, 0.25) is 15.9 Å². The van der Waals surface area contributed by atoms with Crippen molar-refractivity contribution in [2.24, 2.45) is 0 Å². The molecule has 1 aromatic carbocycles. The average molecular weight is 414 g/mol. The predicted molar refractivity (Wildman–Crippen MR) is 81.4 cm³/mol. The molecule has 0 bridgehead atoms. The molecule has 1 saturated heterocycles. The van der Waals surface area contributed by atoms with Gasteiger partial charge in [0, 0.05) is 19.0 Å². The van der Waals surface area contributed by atoms with Gasteiger partial charge in [-0.3, -0.25) is 0 Å². The van der Waals surface area contributed by atoms with Crippen LogP contribution in [-0.2, 0) is 16.2 Å². The van der Waals surface area contributed by atoms with E-state index in [1.807, 2.05) is 0 Å². The highest BCUT2D eigenvalue weighted by atomic mass is 35.5. The Morgan fingerprint density at radius 2 is 1.85 bits per heavy atom. The second-order valence-electron chi connectivity index (χ2n) is 5.70. The standard InChI is InChI=1S/C14H12ClF4N3O3S/c15-10-7-9(1-2-11(10)16)26(23,24)22-5-3-8(4-6-22)12-20-21-13(25-12)14(17,18)19/h1-2,7-8H,3-6H2. The summed E-state index contributed by atoms with van der Waals surface area (Å²) in [4.78, 5) is -0.153. The Morgan fingerprint density at radius 3 is 2.38 bits per heavy atom. The number of hydrogen-bond acceptors (Lipinski definition) is 5. The van der Waals surface area contributed by atoms with Crippen LogP contribution >= 0.6 is 11.6 Å². The third-order valence-electron chi connectivity index (χ3n) is 4.02. The zero-order chi connectivity index (χ0) is 19.1. The van der Waals surface area contributed by atoms with Crippen molar-refractivity contribution in [2.45, 2.75) is 29.8 Å². The van der Waals surface area contributed by atoms with Crippen molar-refractivity contribution in [3.05, 3.63) is 40.8 Å². The van der Waals surface area contributed by atoms with Crippen molar-refractivity contribution in [3.8, 4) is 0 Å². The summed E-state index contributed by atoms with van der Waals surface area (Å²) < 4.78 is 81.7. The van der Waals surface area contributed by atoms with E-state index in [1.54, 1.807) is 0 Å². The number of aromatic nitrogens is 2. The fraction of sp³-hybridized carbons (Fsp3) is 0.429. The van der Waals surface area contributed by atoms with Crippen LogP contribution < -0.4 is 0 Å². The Kier molecular flexibility index (Phi) is 4.97. The minimum atomic E-state index is -4.73. The molecule has 0 unspecified atom stereocenters. The molecule has 1 aliphatic heterocycles. The van der Waals surface area contributed by atoms with E-state index >= 15 is 0 Å². The van der Waals surface area contributed by atoms with Gasteiger partial charge in [0.05, 0.1) is 9.92 Å². The highest BCUT2D eigenvalue weighted by Gasteiger charge is 2.39. The number of alkyl halides is 3. The molecule has 1 aromatic heterocycles. The van der Waals surface area contributed by atoms with Gasteiger partial charge in [-0.2, -0.15) is 17.5 Å². The molecule has 0 amide bonds. The lowest BCUT2D eigenvalue weighted by molar-refractivity contribution is -0.157. The maximum absolute atomic E-state index is 13.2. The highest BCUT2D eigenvalue weighted by Crippen LogP contribution is 2.34. The topological polar surface area (TPSA) is 76.3 Å². The molecule has 3 rings (SSSR count). The molecule has 0 aliphatic carbocycles. The second kappa shape index (κ2) is 6.78. The molecule has 12 heteroatoms. The number of halogens is 5. The minimum Gasteiger partial charge on any atom is -0.417 e. The molecule has 0 N–H and O–H groups in total. The molecule has 6 nitrogen and oxygen atoms in total. The van der Waals surface area contributed by atoms with Crippen LogP contribution in [0, 0.1) is 5.82 Å². The van der Waals surface area contributed by atoms with E-state index in [1.165, 1.54) is 0 Å². The lowest BCUT2D eigenvalue weighted by atomic mass is 9.98. The Morgan fingerprint density at radius 1 is 1.19 bits per heavy atom. The lowest BCUT2D eigenvalue weighted by Crippen LogP contribution is -2.38. The number of nitrogens with zero attached hydrogens (tertiary/aromatic N) is 3. The van der Waals surface area contributed by atoms with Gasteiger partial charge in [-0.15, -0.1) is 10.2 Å². The number of benzene rings is 1. The fourth-order valence-corrected chi connectivity index (χ4v) is 4.39. The minimum absolute atomic E-state index is 0.0473. The van der Waals surface area contributed by atoms with Gasteiger partial charge in [0.1, 0.15) is 5.82 Å². The van der Waals surface area contributed by atoms with Crippen LogP contribution in [0.5, 0.6) is 0 Å². The summed E-state index contributed by atoms with van der Waals surface area (Å²) in [5.74, 6) is -2.80. The van der Waals surface area contributed by atoms with Crippen molar-refractivity contribution in [1.82, 2.24) is 14.5 Å². The first kappa shape index (κ1) is 19.1. The fourth-order valence-electron chi connectivity index (χ4n) is 2.64. The maximum Gasteiger partial charge on any atom is 0.470 e. The first-order valence-electron chi connectivity index (χ1n) is 7.45. The van der Waals surface area contributed by atoms with E-state index in [9.17, 15) is 26.0 Å². The van der Waals surface area contributed by atoms with Crippen LogP contribution in [0.2, 0.25) is 5.02 Å². The molecule has 2 heterocycles. The van der Waals surface area contributed by atoms with E-state index in [0.717, 1.165) is 22.5 Å². The third-order valence-corrected chi connectivity index (χ3v) is 6.20. The quantitative estimate of drug-likeness (QED) is 0.720. The zero-order valence-electron chi connectivity index (χ0n) is 13.0. The summed E-state index contributed by atoms with van der Waals surface area (Å²) in [7, 11) is -3.89. The van der Waals surface area contributed by atoms with Gasteiger partial charge in [-0.1, -0.05) is 11.6 Å². The van der Waals surface area contributed by atoms with Crippen LogP contribution in [0.15, 0.2) is 27.5 Å². The maximum atomic E-state index is 13.2. The SMILES string of the molecule is O=S(=O)(c1ccc(F)c(Cl)c1)N1CCC(c2nnc(C(F)(F)F)o2)CC1. The Labute approximate surface area is 150 Å². The summed E-state index contributed by atoms with van der Waals surface area (Å²) in [6.45, 7) is 0.0947. The molecular weight excluding hydrogens is 402 g/mol. The van der Waals surface area contributed by atoms with Gasteiger partial charge in [0.25, 0.3) is 0 Å². The van der Waals surface area contributed by atoms with Crippen molar-refractivity contribution in [1.29, 1.82) is 0 Å². The third kappa shape index (κ3) is 3.69. The van der Waals surface area contributed by atoms with Crippen LogP contribution in [-0.4, -0.2) is 36.0 Å². The molecule has 0 atom stereocenters. The van der Waals surface area contributed by atoms with Crippen LogP contribution in [0.3, 0.4) is 0 Å². The summed E-state index contributed by atoms with van der Waals surface area (Å²) in [5, 5.41) is 6.07. The molecule has 0 spiro atoms. The van der Waals surface area contributed by atoms with E-state index < -0.39 is 33.8 Å². The van der Waals surface area contributed by atoms with Crippen LogP contribution in [0.4, 0.5) is 17.6 Å². The van der Waals surface area contributed by atoms with Crippen LogP contribution in [0.1, 0.15) is 30.5 Å². The van der Waals surface area contributed by atoms with Crippen molar-refractivity contribution >= 4 is 21.6 Å². The molecule has 2 aromatic rings. The Bertz CT molecular complexity index is 908. The van der Waals surface area contributed by atoms with Gasteiger partial charge >= 0.3 is 12.1 Å². The summed E-state index contributed by atoms with van der Waals surface area (Å²) >= 11 is 5.62. The van der Waals surface area contributed by atoms with Crippen molar-refractivity contribution in [2.75, 3.05) is 13.1 Å². The largest absolute Gasteiger partial charge is 0.470 e. The number of piperidine rings is 1. The Hall–Kier alpha value is -1.72. The van der Waals surface area contributed by atoms with E-state index in [-0.39, 0.29) is 41.7 Å². The smallest absolute Gasteiger partial charge is 0.417 e. The van der Waals surface area contributed by atoms with Gasteiger partial charge < -0.3 is 4.42 Å². The lowest BCUT2D eigenvalue weighted by Gasteiger charge is -2.29. The number of rotatable bonds is 3. The van der Waals surface area contributed by atoms with Gasteiger partial charge in [-0.25, -0.2) is 12.8 Å². The number of sulfonamides is 1. The second-order valence-corrected chi connectivity index (χ2v) is 8.04. The van der Waals surface area contributed by atoms with Gasteiger partial charge in [0.15, 0.2) is 0 Å². The van der Waals surface area contributed by atoms with Gasteiger partial charge in [-0.05, 0) is 31.0 Å². The number of hydrogen-bond donors (Lipinski definition) is 0.